The SMILES string of the molecule is CC[NH+]1CCc2c(sc(NC(=O)c3ccc(C)cc3)c2C(N)=O)C1. The average molecular weight is 344 g/mol. The van der Waals surface area contributed by atoms with E-state index in [4.69, 9.17) is 5.73 Å². The van der Waals surface area contributed by atoms with E-state index >= 15 is 0 Å². The summed E-state index contributed by atoms with van der Waals surface area (Å²) in [5.74, 6) is -0.678. The maximum Gasteiger partial charge on any atom is 0.256 e. The Labute approximate surface area is 145 Å². The maximum absolute atomic E-state index is 12.5. The Morgan fingerprint density at radius 1 is 1.29 bits per heavy atom. The fraction of sp³-hybridized carbons (Fsp3) is 0.333. The summed E-state index contributed by atoms with van der Waals surface area (Å²) in [6.45, 7) is 7.06. The van der Waals surface area contributed by atoms with Gasteiger partial charge in [-0.3, -0.25) is 9.59 Å². The van der Waals surface area contributed by atoms with E-state index in [2.05, 4.69) is 12.2 Å². The highest BCUT2D eigenvalue weighted by Crippen LogP contribution is 2.34. The van der Waals surface area contributed by atoms with Gasteiger partial charge in [0.1, 0.15) is 11.5 Å². The number of fused-ring (bicyclic) bond motifs is 1. The zero-order valence-electron chi connectivity index (χ0n) is 13.9. The van der Waals surface area contributed by atoms with Crippen LogP contribution in [0.25, 0.3) is 0 Å². The zero-order chi connectivity index (χ0) is 17.3. The number of nitrogens with two attached hydrogens (primary N) is 1. The van der Waals surface area contributed by atoms with E-state index in [9.17, 15) is 9.59 Å². The van der Waals surface area contributed by atoms with Crippen LogP contribution in [0.2, 0.25) is 0 Å². The number of aryl methyl sites for hydroxylation is 1. The van der Waals surface area contributed by atoms with Crippen LogP contribution in [0, 0.1) is 6.92 Å². The molecule has 0 fully saturated rings. The van der Waals surface area contributed by atoms with Crippen molar-refractivity contribution in [3.8, 4) is 0 Å². The van der Waals surface area contributed by atoms with Crippen molar-refractivity contribution in [2.24, 2.45) is 5.73 Å². The molecule has 6 heteroatoms. The first-order valence-corrected chi connectivity index (χ1v) is 8.97. The Kier molecular flexibility index (Phi) is 4.69. The van der Waals surface area contributed by atoms with Crippen LogP contribution in [-0.2, 0) is 13.0 Å². The molecule has 1 aromatic heterocycles. The molecule has 1 aromatic carbocycles. The van der Waals surface area contributed by atoms with E-state index in [1.54, 1.807) is 12.1 Å². The number of benzene rings is 1. The molecule has 3 rings (SSSR count). The predicted octanol–water partition coefficient (Wildman–Crippen LogP) is 1.37. The van der Waals surface area contributed by atoms with Crippen LogP contribution in [0.15, 0.2) is 24.3 Å². The number of hydrogen-bond acceptors (Lipinski definition) is 3. The number of likely N-dealkylation sites (N-methyl/N-ethyl adjacent to an activating group) is 1. The van der Waals surface area contributed by atoms with Gasteiger partial charge in [0, 0.05) is 12.0 Å². The quantitative estimate of drug-likeness (QED) is 0.783. The Morgan fingerprint density at radius 3 is 2.62 bits per heavy atom. The van der Waals surface area contributed by atoms with Crippen LogP contribution < -0.4 is 16.0 Å². The van der Waals surface area contributed by atoms with Crippen molar-refractivity contribution in [3.05, 3.63) is 51.4 Å². The highest BCUT2D eigenvalue weighted by Gasteiger charge is 2.29. The van der Waals surface area contributed by atoms with Gasteiger partial charge in [0.15, 0.2) is 0 Å². The lowest BCUT2D eigenvalue weighted by Gasteiger charge is -2.22. The highest BCUT2D eigenvalue weighted by atomic mass is 32.1. The van der Waals surface area contributed by atoms with E-state index in [0.29, 0.717) is 16.1 Å². The summed E-state index contributed by atoms with van der Waals surface area (Å²) in [4.78, 5) is 27.1. The largest absolute Gasteiger partial charge is 0.365 e. The Balaban J connectivity index is 1.90. The van der Waals surface area contributed by atoms with Gasteiger partial charge >= 0.3 is 0 Å². The molecule has 2 aromatic rings. The number of hydrogen-bond donors (Lipinski definition) is 3. The third kappa shape index (κ3) is 3.20. The summed E-state index contributed by atoms with van der Waals surface area (Å²) >= 11 is 1.48. The third-order valence-electron chi connectivity index (χ3n) is 4.52. The first kappa shape index (κ1) is 16.7. The number of primary amides is 1. The molecule has 126 valence electrons. The number of quaternary nitrogens is 1. The zero-order valence-corrected chi connectivity index (χ0v) is 14.8. The van der Waals surface area contributed by atoms with E-state index < -0.39 is 5.91 Å². The van der Waals surface area contributed by atoms with Gasteiger partial charge in [0.2, 0.25) is 0 Å². The molecule has 0 bridgehead atoms. The normalized spacial score (nSPS) is 16.5. The van der Waals surface area contributed by atoms with Gasteiger partial charge in [-0.05, 0) is 31.5 Å². The van der Waals surface area contributed by atoms with Crippen molar-refractivity contribution in [2.75, 3.05) is 18.4 Å². The van der Waals surface area contributed by atoms with Gasteiger partial charge in [-0.15, -0.1) is 11.3 Å². The average Bonchev–Trinajstić information content (AvgIpc) is 2.92. The van der Waals surface area contributed by atoms with Gasteiger partial charge in [-0.2, -0.15) is 0 Å². The fourth-order valence-electron chi connectivity index (χ4n) is 3.07. The van der Waals surface area contributed by atoms with Crippen LogP contribution in [0.5, 0.6) is 0 Å². The molecule has 5 nitrogen and oxygen atoms in total. The minimum absolute atomic E-state index is 0.212. The molecule has 1 aliphatic heterocycles. The minimum Gasteiger partial charge on any atom is -0.365 e. The lowest BCUT2D eigenvalue weighted by atomic mass is 10.0. The van der Waals surface area contributed by atoms with Crippen LogP contribution in [0.3, 0.4) is 0 Å². The lowest BCUT2D eigenvalue weighted by Crippen LogP contribution is -3.11. The molecule has 2 heterocycles. The summed E-state index contributed by atoms with van der Waals surface area (Å²) in [7, 11) is 0. The van der Waals surface area contributed by atoms with E-state index in [1.807, 2.05) is 19.1 Å². The Hall–Kier alpha value is -2.18. The summed E-state index contributed by atoms with van der Waals surface area (Å²) in [5.41, 5.74) is 8.77. The summed E-state index contributed by atoms with van der Waals surface area (Å²) < 4.78 is 0. The van der Waals surface area contributed by atoms with Crippen LogP contribution >= 0.6 is 11.3 Å². The van der Waals surface area contributed by atoms with Crippen molar-refractivity contribution < 1.29 is 14.5 Å². The molecule has 1 aliphatic rings. The van der Waals surface area contributed by atoms with E-state index in [-0.39, 0.29) is 5.91 Å². The van der Waals surface area contributed by atoms with E-state index in [0.717, 1.165) is 42.1 Å². The van der Waals surface area contributed by atoms with Crippen molar-refractivity contribution in [1.29, 1.82) is 0 Å². The number of carbonyl (C=O) groups is 2. The number of amides is 2. The molecule has 1 atom stereocenters. The number of carbonyl (C=O) groups excluding carboxylic acids is 2. The summed E-state index contributed by atoms with van der Waals surface area (Å²) in [5, 5.41) is 3.47. The molecule has 0 spiro atoms. The number of thiophene rings is 1. The second kappa shape index (κ2) is 6.75. The van der Waals surface area contributed by atoms with Gasteiger partial charge in [0.05, 0.1) is 23.5 Å². The molecule has 0 saturated carbocycles. The smallest absolute Gasteiger partial charge is 0.256 e. The summed E-state index contributed by atoms with van der Waals surface area (Å²) in [6.07, 6.45) is 0.827. The third-order valence-corrected chi connectivity index (χ3v) is 5.66. The second-order valence-corrected chi connectivity index (χ2v) is 7.28. The highest BCUT2D eigenvalue weighted by molar-refractivity contribution is 7.17. The lowest BCUT2D eigenvalue weighted by molar-refractivity contribution is -0.913. The monoisotopic (exact) mass is 344 g/mol. The molecular formula is C18H22N3O2S+. The second-order valence-electron chi connectivity index (χ2n) is 6.17. The first-order valence-electron chi connectivity index (χ1n) is 8.15. The molecule has 4 N–H and O–H groups in total. The number of nitrogens with one attached hydrogen (secondary N) is 2. The fourth-order valence-corrected chi connectivity index (χ4v) is 4.39. The number of anilines is 1. The Morgan fingerprint density at radius 2 is 2.00 bits per heavy atom. The standard InChI is InChI=1S/C18H21N3O2S/c1-3-21-9-8-13-14(10-21)24-18(15(13)16(19)22)20-17(23)12-6-4-11(2)5-7-12/h4-7H,3,8-10H2,1-2H3,(H2,19,22)(H,20,23)/p+1. The van der Waals surface area contributed by atoms with Crippen molar-refractivity contribution in [2.45, 2.75) is 26.8 Å². The molecule has 0 saturated heterocycles. The maximum atomic E-state index is 12.5. The van der Waals surface area contributed by atoms with Crippen molar-refractivity contribution >= 4 is 28.2 Å². The van der Waals surface area contributed by atoms with E-state index in [1.165, 1.54) is 16.2 Å². The first-order chi connectivity index (χ1) is 11.5. The van der Waals surface area contributed by atoms with Gasteiger partial charge in [0.25, 0.3) is 11.8 Å². The predicted molar refractivity (Wildman–Crippen MR) is 95.7 cm³/mol. The molecular weight excluding hydrogens is 322 g/mol. The molecule has 24 heavy (non-hydrogen) atoms. The number of rotatable bonds is 4. The van der Waals surface area contributed by atoms with Gasteiger partial charge in [-0.1, -0.05) is 17.7 Å². The molecule has 1 unspecified atom stereocenters. The van der Waals surface area contributed by atoms with Crippen LogP contribution in [0.4, 0.5) is 5.00 Å². The summed E-state index contributed by atoms with van der Waals surface area (Å²) in [6, 6.07) is 7.36. The Bertz CT molecular complexity index is 780. The van der Waals surface area contributed by atoms with Crippen LogP contribution in [-0.4, -0.2) is 24.9 Å². The minimum atomic E-state index is -0.466. The van der Waals surface area contributed by atoms with Gasteiger partial charge in [-0.25, -0.2) is 0 Å². The van der Waals surface area contributed by atoms with Crippen molar-refractivity contribution in [3.63, 3.8) is 0 Å². The molecule has 0 radical (unpaired) electrons. The molecule has 0 aliphatic carbocycles. The van der Waals surface area contributed by atoms with Crippen LogP contribution in [0.1, 0.15) is 43.6 Å². The topological polar surface area (TPSA) is 76.6 Å². The molecule has 2 amide bonds. The van der Waals surface area contributed by atoms with Gasteiger partial charge < -0.3 is 16.0 Å². The van der Waals surface area contributed by atoms with Crippen molar-refractivity contribution in [1.82, 2.24) is 0 Å².